The van der Waals surface area contributed by atoms with Gasteiger partial charge in [-0.25, -0.2) is 13.8 Å². The number of thiazole rings is 1. The quantitative estimate of drug-likeness (QED) is 0.746. The van der Waals surface area contributed by atoms with Crippen LogP contribution < -0.4 is 10.2 Å². The van der Waals surface area contributed by atoms with E-state index in [9.17, 15) is 13.6 Å². The smallest absolute Gasteiger partial charge is 0.263 e. The molecule has 1 saturated heterocycles. The molecule has 1 atom stereocenters. The number of carbonyl (C=O) groups is 1. The minimum Gasteiger partial charge on any atom is -0.365 e. The number of halogens is 2. The highest BCUT2D eigenvalue weighted by molar-refractivity contribution is 7.16. The van der Waals surface area contributed by atoms with Gasteiger partial charge in [-0.15, -0.1) is 11.3 Å². The highest BCUT2D eigenvalue weighted by atomic mass is 32.1. The average molecular weight is 386 g/mol. The van der Waals surface area contributed by atoms with Gasteiger partial charge in [0, 0.05) is 37.1 Å². The largest absolute Gasteiger partial charge is 0.365 e. The first kappa shape index (κ1) is 17.5. The van der Waals surface area contributed by atoms with Crippen LogP contribution in [0.4, 0.5) is 14.5 Å². The molecule has 2 aromatic heterocycles. The summed E-state index contributed by atoms with van der Waals surface area (Å²) in [6, 6.07) is 7.30. The summed E-state index contributed by atoms with van der Waals surface area (Å²) in [4.78, 5) is 22.9. The van der Waals surface area contributed by atoms with Crippen LogP contribution in [0, 0.1) is 11.6 Å². The SMILES string of the molecule is O=C(NC1CCN(c2c(F)cccc2F)C1)c1cnc(-c2ccncc2)s1. The second-order valence-electron chi connectivity index (χ2n) is 6.24. The van der Waals surface area contributed by atoms with E-state index < -0.39 is 11.6 Å². The Kier molecular flexibility index (Phi) is 4.81. The second kappa shape index (κ2) is 7.40. The number of carbonyl (C=O) groups excluding carboxylic acids is 1. The molecule has 1 aliphatic rings. The van der Waals surface area contributed by atoms with Gasteiger partial charge in [-0.2, -0.15) is 0 Å². The molecule has 0 radical (unpaired) electrons. The second-order valence-corrected chi connectivity index (χ2v) is 7.27. The van der Waals surface area contributed by atoms with Gasteiger partial charge in [0.05, 0.1) is 6.20 Å². The van der Waals surface area contributed by atoms with Crippen LogP contribution in [-0.4, -0.2) is 35.0 Å². The number of nitrogens with one attached hydrogen (secondary N) is 1. The summed E-state index contributed by atoms with van der Waals surface area (Å²) in [5.41, 5.74) is 0.864. The van der Waals surface area contributed by atoms with Gasteiger partial charge in [-0.1, -0.05) is 6.07 Å². The standard InChI is InChI=1S/C19H16F2N4OS/c20-14-2-1-3-15(21)17(14)25-9-6-13(11-25)24-18(26)16-10-23-19(27-16)12-4-7-22-8-5-12/h1-5,7-8,10,13H,6,9,11H2,(H,24,26). The maximum Gasteiger partial charge on any atom is 0.263 e. The van der Waals surface area contributed by atoms with Crippen LogP contribution >= 0.6 is 11.3 Å². The normalized spacial score (nSPS) is 16.5. The topological polar surface area (TPSA) is 58.1 Å². The summed E-state index contributed by atoms with van der Waals surface area (Å²) in [5, 5.41) is 3.67. The van der Waals surface area contributed by atoms with Crippen molar-refractivity contribution in [1.29, 1.82) is 0 Å². The molecular weight excluding hydrogens is 370 g/mol. The Labute approximate surface area is 158 Å². The Bertz CT molecular complexity index is 943. The number of pyridine rings is 1. The Morgan fingerprint density at radius 1 is 1.19 bits per heavy atom. The van der Waals surface area contributed by atoms with Crippen molar-refractivity contribution in [1.82, 2.24) is 15.3 Å². The Morgan fingerprint density at radius 2 is 1.93 bits per heavy atom. The lowest BCUT2D eigenvalue weighted by atomic mass is 10.2. The predicted octanol–water partition coefficient (Wildman–Crippen LogP) is 3.49. The Balaban J connectivity index is 1.42. The minimum absolute atomic E-state index is 0.0352. The van der Waals surface area contributed by atoms with Crippen molar-refractivity contribution in [3.63, 3.8) is 0 Å². The van der Waals surface area contributed by atoms with Crippen molar-refractivity contribution >= 4 is 22.9 Å². The summed E-state index contributed by atoms with van der Waals surface area (Å²) in [6.07, 6.45) is 5.51. The van der Waals surface area contributed by atoms with E-state index in [1.165, 1.54) is 29.5 Å². The number of amides is 1. The van der Waals surface area contributed by atoms with Crippen LogP contribution in [0.2, 0.25) is 0 Å². The molecule has 5 nitrogen and oxygen atoms in total. The summed E-state index contributed by atoms with van der Waals surface area (Å²) in [7, 11) is 0. The third-order valence-electron chi connectivity index (χ3n) is 4.43. The molecule has 1 unspecified atom stereocenters. The van der Waals surface area contributed by atoms with Crippen molar-refractivity contribution in [2.75, 3.05) is 18.0 Å². The number of aromatic nitrogens is 2. The van der Waals surface area contributed by atoms with Crippen molar-refractivity contribution < 1.29 is 13.6 Å². The summed E-state index contributed by atoms with van der Waals surface area (Å²) >= 11 is 1.29. The maximum absolute atomic E-state index is 13.9. The van der Waals surface area contributed by atoms with Gasteiger partial charge in [-0.05, 0) is 30.7 Å². The molecule has 3 heterocycles. The maximum atomic E-state index is 13.9. The first-order chi connectivity index (χ1) is 13.1. The Hall–Kier alpha value is -2.87. The number of hydrogen-bond donors (Lipinski definition) is 1. The summed E-state index contributed by atoms with van der Waals surface area (Å²) < 4.78 is 27.9. The monoisotopic (exact) mass is 386 g/mol. The fraction of sp³-hybridized carbons (Fsp3) is 0.211. The van der Waals surface area contributed by atoms with E-state index in [1.54, 1.807) is 23.5 Å². The molecule has 1 fully saturated rings. The van der Waals surface area contributed by atoms with Crippen molar-refractivity contribution in [2.45, 2.75) is 12.5 Å². The van der Waals surface area contributed by atoms with Crippen LogP contribution in [0.15, 0.2) is 48.9 Å². The molecule has 1 aromatic carbocycles. The lowest BCUT2D eigenvalue weighted by Crippen LogP contribution is -2.37. The van der Waals surface area contributed by atoms with E-state index in [0.717, 1.165) is 10.6 Å². The molecule has 138 valence electrons. The van der Waals surface area contributed by atoms with Gasteiger partial charge in [0.1, 0.15) is 27.2 Å². The van der Waals surface area contributed by atoms with Crippen LogP contribution in [0.1, 0.15) is 16.1 Å². The van der Waals surface area contributed by atoms with E-state index in [-0.39, 0.29) is 17.6 Å². The fourth-order valence-corrected chi connectivity index (χ4v) is 3.96. The molecule has 4 rings (SSSR count). The molecule has 3 aromatic rings. The highest BCUT2D eigenvalue weighted by Crippen LogP contribution is 2.28. The third kappa shape index (κ3) is 3.66. The first-order valence-electron chi connectivity index (χ1n) is 8.48. The molecule has 0 aliphatic carbocycles. The van der Waals surface area contributed by atoms with Gasteiger partial charge in [0.2, 0.25) is 0 Å². The zero-order valence-electron chi connectivity index (χ0n) is 14.2. The van der Waals surface area contributed by atoms with E-state index in [4.69, 9.17) is 0 Å². The van der Waals surface area contributed by atoms with Gasteiger partial charge >= 0.3 is 0 Å². The lowest BCUT2D eigenvalue weighted by Gasteiger charge is -2.20. The highest BCUT2D eigenvalue weighted by Gasteiger charge is 2.28. The van der Waals surface area contributed by atoms with E-state index in [2.05, 4.69) is 15.3 Å². The van der Waals surface area contributed by atoms with Crippen LogP contribution in [0.5, 0.6) is 0 Å². The molecule has 1 amide bonds. The Morgan fingerprint density at radius 3 is 2.67 bits per heavy atom. The molecule has 8 heteroatoms. The fourth-order valence-electron chi connectivity index (χ4n) is 3.14. The molecule has 0 bridgehead atoms. The molecular formula is C19H16F2N4OS. The number of rotatable bonds is 4. The van der Waals surface area contributed by atoms with Crippen LogP contribution in [-0.2, 0) is 0 Å². The number of nitrogens with zero attached hydrogens (tertiary/aromatic N) is 3. The molecule has 1 aliphatic heterocycles. The average Bonchev–Trinajstić information content (AvgIpc) is 3.32. The molecule has 0 saturated carbocycles. The van der Waals surface area contributed by atoms with Gasteiger partial charge in [-0.3, -0.25) is 9.78 Å². The number of hydrogen-bond acceptors (Lipinski definition) is 5. The zero-order valence-corrected chi connectivity index (χ0v) is 15.0. The van der Waals surface area contributed by atoms with E-state index >= 15 is 0 Å². The number of anilines is 1. The lowest BCUT2D eigenvalue weighted by molar-refractivity contribution is 0.0944. The number of benzene rings is 1. The zero-order chi connectivity index (χ0) is 18.8. The van der Waals surface area contributed by atoms with Crippen molar-refractivity contribution in [2.24, 2.45) is 0 Å². The molecule has 0 spiro atoms. The van der Waals surface area contributed by atoms with Gasteiger partial charge in [0.15, 0.2) is 0 Å². The molecule has 1 N–H and O–H groups in total. The van der Waals surface area contributed by atoms with Gasteiger partial charge < -0.3 is 10.2 Å². The van der Waals surface area contributed by atoms with E-state index in [0.29, 0.717) is 24.4 Å². The van der Waals surface area contributed by atoms with Crippen molar-refractivity contribution in [3.8, 4) is 10.6 Å². The van der Waals surface area contributed by atoms with Crippen molar-refractivity contribution in [3.05, 3.63) is 65.4 Å². The molecule has 27 heavy (non-hydrogen) atoms. The summed E-state index contributed by atoms with van der Waals surface area (Å²) in [5.74, 6) is -1.41. The number of para-hydroxylation sites is 1. The third-order valence-corrected chi connectivity index (χ3v) is 5.48. The van der Waals surface area contributed by atoms with Crippen LogP contribution in [0.25, 0.3) is 10.6 Å². The summed E-state index contributed by atoms with van der Waals surface area (Å²) in [6.45, 7) is 0.841. The van der Waals surface area contributed by atoms with Crippen LogP contribution in [0.3, 0.4) is 0 Å². The minimum atomic E-state index is -0.591. The predicted molar refractivity (Wildman–Crippen MR) is 99.8 cm³/mol. The van der Waals surface area contributed by atoms with Gasteiger partial charge in [0.25, 0.3) is 5.91 Å². The first-order valence-corrected chi connectivity index (χ1v) is 9.29. The van der Waals surface area contributed by atoms with E-state index in [1.807, 2.05) is 12.1 Å².